The highest BCUT2D eigenvalue weighted by atomic mass is 19.4. The molecule has 0 amide bonds. The number of halogens is 3. The van der Waals surface area contributed by atoms with Gasteiger partial charge in [0.15, 0.2) is 0 Å². The zero-order valence-corrected chi connectivity index (χ0v) is 9.67. The van der Waals surface area contributed by atoms with Crippen LogP contribution in [0.15, 0.2) is 6.20 Å². The van der Waals surface area contributed by atoms with Crippen molar-refractivity contribution in [3.63, 3.8) is 0 Å². The molecule has 1 rings (SSSR count). The first-order valence-electron chi connectivity index (χ1n) is 4.82. The van der Waals surface area contributed by atoms with Crippen molar-refractivity contribution in [2.45, 2.75) is 19.8 Å². The van der Waals surface area contributed by atoms with Gasteiger partial charge in [-0.3, -0.25) is 0 Å². The Morgan fingerprint density at radius 3 is 2.56 bits per heavy atom. The topological polar surface area (TPSA) is 74.4 Å². The van der Waals surface area contributed by atoms with Gasteiger partial charge in [0, 0.05) is 18.3 Å². The van der Waals surface area contributed by atoms with Crippen molar-refractivity contribution in [2.24, 2.45) is 5.73 Å². The van der Waals surface area contributed by atoms with Gasteiger partial charge in [0.05, 0.1) is 12.7 Å². The number of nitrogens with two attached hydrogens (primary N) is 1. The third kappa shape index (κ3) is 3.10. The average molecular weight is 264 g/mol. The first kappa shape index (κ1) is 14.2. The highest BCUT2D eigenvalue weighted by Gasteiger charge is 2.34. The Bertz CT molecular complexity index is 460. The van der Waals surface area contributed by atoms with Crippen LogP contribution in [-0.2, 0) is 11.3 Å². The van der Waals surface area contributed by atoms with Crippen molar-refractivity contribution in [3.05, 3.63) is 22.9 Å². The number of carbonyl (C=O) groups excluding carboxylic acids is 1. The maximum atomic E-state index is 12.2. The molecule has 0 aliphatic carbocycles. The summed E-state index contributed by atoms with van der Waals surface area (Å²) in [4.78, 5) is 15.0. The maximum Gasteiger partial charge on any atom is 0.574 e. The van der Waals surface area contributed by atoms with Gasteiger partial charge in [-0.15, -0.1) is 13.2 Å². The molecule has 0 aliphatic heterocycles. The molecule has 0 bridgehead atoms. The van der Waals surface area contributed by atoms with E-state index in [1.807, 2.05) is 0 Å². The van der Waals surface area contributed by atoms with E-state index in [0.717, 1.165) is 13.3 Å². The lowest BCUT2D eigenvalue weighted by atomic mass is 10.1. The molecule has 0 fully saturated rings. The number of aryl methyl sites for hydroxylation is 1. The van der Waals surface area contributed by atoms with E-state index in [-0.39, 0.29) is 17.7 Å². The standard InChI is InChI=1S/C10H11F3N2O3/c1-5-4-15-8(18-10(11,12)13)6(3-14)7(5)9(16)17-2/h4H,3,14H2,1-2H3. The van der Waals surface area contributed by atoms with Gasteiger partial charge in [0.2, 0.25) is 5.88 Å². The summed E-state index contributed by atoms with van der Waals surface area (Å²) >= 11 is 0. The van der Waals surface area contributed by atoms with Crippen molar-refractivity contribution >= 4 is 5.97 Å². The van der Waals surface area contributed by atoms with Gasteiger partial charge >= 0.3 is 12.3 Å². The van der Waals surface area contributed by atoms with E-state index in [4.69, 9.17) is 5.73 Å². The van der Waals surface area contributed by atoms with Crippen molar-refractivity contribution in [1.29, 1.82) is 0 Å². The minimum absolute atomic E-state index is 0.0609. The number of carbonyl (C=O) groups is 1. The second-order valence-electron chi connectivity index (χ2n) is 3.34. The van der Waals surface area contributed by atoms with Crippen LogP contribution < -0.4 is 10.5 Å². The zero-order chi connectivity index (χ0) is 13.9. The number of methoxy groups -OCH3 is 1. The van der Waals surface area contributed by atoms with E-state index < -0.39 is 18.2 Å². The first-order valence-corrected chi connectivity index (χ1v) is 4.82. The van der Waals surface area contributed by atoms with Crippen LogP contribution in [-0.4, -0.2) is 24.4 Å². The van der Waals surface area contributed by atoms with Crippen molar-refractivity contribution in [1.82, 2.24) is 4.98 Å². The molecular formula is C10H11F3N2O3. The molecule has 0 radical (unpaired) electrons. The molecule has 0 aromatic carbocycles. The summed E-state index contributed by atoms with van der Waals surface area (Å²) in [7, 11) is 1.12. The second kappa shape index (κ2) is 5.21. The monoisotopic (exact) mass is 264 g/mol. The van der Waals surface area contributed by atoms with E-state index in [1.54, 1.807) is 0 Å². The van der Waals surface area contributed by atoms with Crippen LogP contribution in [0.2, 0.25) is 0 Å². The number of hydrogen-bond donors (Lipinski definition) is 1. The summed E-state index contributed by atoms with van der Waals surface area (Å²) in [5.74, 6) is -1.53. The van der Waals surface area contributed by atoms with Gasteiger partial charge in [0.1, 0.15) is 0 Å². The third-order valence-corrected chi connectivity index (χ3v) is 2.14. The summed E-state index contributed by atoms with van der Waals surface area (Å²) in [6.07, 6.45) is -3.81. The molecule has 100 valence electrons. The number of aromatic nitrogens is 1. The molecule has 0 unspecified atom stereocenters. The lowest BCUT2D eigenvalue weighted by molar-refractivity contribution is -0.276. The summed E-state index contributed by atoms with van der Waals surface area (Å²) in [6.45, 7) is 1.18. The van der Waals surface area contributed by atoms with Gasteiger partial charge in [0.25, 0.3) is 0 Å². The summed E-state index contributed by atoms with van der Waals surface area (Å²) < 4.78 is 44.7. The minimum Gasteiger partial charge on any atom is -0.465 e. The third-order valence-electron chi connectivity index (χ3n) is 2.14. The predicted octanol–water partition coefficient (Wildman–Crippen LogP) is 1.53. The maximum absolute atomic E-state index is 12.2. The van der Waals surface area contributed by atoms with Crippen LogP contribution in [0, 0.1) is 6.92 Å². The SMILES string of the molecule is COC(=O)c1c(C)cnc(OC(F)(F)F)c1CN. The number of esters is 1. The Balaban J connectivity index is 3.34. The lowest BCUT2D eigenvalue weighted by Gasteiger charge is -2.15. The van der Waals surface area contributed by atoms with E-state index in [1.165, 1.54) is 6.92 Å². The smallest absolute Gasteiger partial charge is 0.465 e. The van der Waals surface area contributed by atoms with Gasteiger partial charge in [-0.25, -0.2) is 9.78 Å². The van der Waals surface area contributed by atoms with Crippen LogP contribution >= 0.6 is 0 Å². The zero-order valence-electron chi connectivity index (χ0n) is 9.67. The first-order chi connectivity index (χ1) is 8.30. The second-order valence-corrected chi connectivity index (χ2v) is 3.34. The van der Waals surface area contributed by atoms with Gasteiger partial charge < -0.3 is 15.2 Å². The van der Waals surface area contributed by atoms with Gasteiger partial charge in [-0.1, -0.05) is 0 Å². The Kier molecular flexibility index (Phi) is 4.12. The Hall–Kier alpha value is -1.83. The van der Waals surface area contributed by atoms with Crippen LogP contribution in [0.3, 0.4) is 0 Å². The molecule has 0 saturated carbocycles. The number of nitrogens with zero attached hydrogens (tertiary/aromatic N) is 1. The lowest BCUT2D eigenvalue weighted by Crippen LogP contribution is -2.22. The van der Waals surface area contributed by atoms with E-state index in [2.05, 4.69) is 14.5 Å². The Morgan fingerprint density at radius 1 is 1.50 bits per heavy atom. The summed E-state index contributed by atoms with van der Waals surface area (Å²) in [6, 6.07) is 0. The number of alkyl halides is 3. The number of ether oxygens (including phenoxy) is 2. The fourth-order valence-corrected chi connectivity index (χ4v) is 1.42. The fourth-order valence-electron chi connectivity index (χ4n) is 1.42. The van der Waals surface area contributed by atoms with Crippen LogP contribution in [0.25, 0.3) is 0 Å². The largest absolute Gasteiger partial charge is 0.574 e. The molecule has 1 aromatic heterocycles. The van der Waals surface area contributed by atoms with Gasteiger partial charge in [-0.2, -0.15) is 0 Å². The Morgan fingerprint density at radius 2 is 2.11 bits per heavy atom. The van der Waals surface area contributed by atoms with E-state index in [9.17, 15) is 18.0 Å². The molecule has 1 aromatic rings. The predicted molar refractivity (Wildman–Crippen MR) is 54.9 cm³/mol. The molecule has 8 heteroatoms. The van der Waals surface area contributed by atoms with Crippen LogP contribution in [0.1, 0.15) is 21.5 Å². The van der Waals surface area contributed by atoms with Crippen LogP contribution in [0.4, 0.5) is 13.2 Å². The molecule has 0 aliphatic rings. The average Bonchev–Trinajstić information content (AvgIpc) is 2.28. The molecule has 1 heterocycles. The van der Waals surface area contributed by atoms with E-state index >= 15 is 0 Å². The van der Waals surface area contributed by atoms with Crippen LogP contribution in [0.5, 0.6) is 5.88 Å². The summed E-state index contributed by atoms with van der Waals surface area (Å²) in [5.41, 5.74) is 5.49. The molecule has 2 N–H and O–H groups in total. The molecular weight excluding hydrogens is 253 g/mol. The highest BCUT2D eigenvalue weighted by Crippen LogP contribution is 2.28. The van der Waals surface area contributed by atoms with E-state index in [0.29, 0.717) is 5.56 Å². The molecule has 0 atom stereocenters. The Labute approximate surface area is 101 Å². The van der Waals surface area contributed by atoms with Crippen molar-refractivity contribution in [3.8, 4) is 5.88 Å². The minimum atomic E-state index is -4.90. The van der Waals surface area contributed by atoms with Gasteiger partial charge in [-0.05, 0) is 12.5 Å². The molecule has 0 spiro atoms. The number of rotatable bonds is 3. The number of hydrogen-bond acceptors (Lipinski definition) is 5. The van der Waals surface area contributed by atoms with Crippen molar-refractivity contribution < 1.29 is 27.4 Å². The molecule has 0 saturated heterocycles. The molecule has 5 nitrogen and oxygen atoms in total. The fraction of sp³-hybridized carbons (Fsp3) is 0.400. The number of pyridine rings is 1. The quantitative estimate of drug-likeness (QED) is 0.838. The normalized spacial score (nSPS) is 11.2. The summed E-state index contributed by atoms with van der Waals surface area (Å²) in [5, 5.41) is 0. The highest BCUT2D eigenvalue weighted by molar-refractivity contribution is 5.93. The van der Waals surface area contributed by atoms with Crippen molar-refractivity contribution in [2.75, 3.05) is 7.11 Å². The molecule has 18 heavy (non-hydrogen) atoms.